The fourth-order valence-electron chi connectivity index (χ4n) is 13.5. The highest BCUT2D eigenvalue weighted by molar-refractivity contribution is 5.96. The number of urea groups is 1. The normalized spacial score (nSPS) is 14.5. The second kappa shape index (κ2) is 26.3. The van der Waals surface area contributed by atoms with Gasteiger partial charge < -0.3 is 66.5 Å². The molecule has 0 spiro atoms. The zero-order valence-corrected chi connectivity index (χ0v) is 51.9. The number of nitrogens with zero attached hydrogens (tertiary/aromatic N) is 5. The van der Waals surface area contributed by atoms with E-state index in [9.17, 15) is 44.1 Å². The van der Waals surface area contributed by atoms with E-state index < -0.39 is 72.1 Å². The van der Waals surface area contributed by atoms with Gasteiger partial charge in [-0.2, -0.15) is 0 Å². The number of nitrogens with two attached hydrogens (primary N) is 3. The predicted molar refractivity (Wildman–Crippen MR) is 354 cm³/mol. The zero-order chi connectivity index (χ0) is 66.0. The average molecular weight is 1250 g/mol. The van der Waals surface area contributed by atoms with E-state index in [0.717, 1.165) is 37.4 Å². The summed E-state index contributed by atoms with van der Waals surface area (Å²) in [7, 11) is 0. The molecule has 2 saturated heterocycles. The molecule has 93 heavy (non-hydrogen) atoms. The number of ether oxygens (including phenoxy) is 1. The number of aliphatic carboxylic acids is 3. The Labute approximate surface area is 536 Å². The largest absolute Gasteiger partial charge is 0.494 e. The molecule has 5 heterocycles. The summed E-state index contributed by atoms with van der Waals surface area (Å²) in [5, 5.41) is 42.6. The number of carboxylic acids is 3. The lowest BCUT2D eigenvalue weighted by atomic mass is 9.59. The van der Waals surface area contributed by atoms with Crippen LogP contribution in [0.4, 0.5) is 16.2 Å². The maximum absolute atomic E-state index is 16.2. The molecule has 2 aliphatic heterocycles. The number of aromatic nitrogens is 3. The molecule has 2 fully saturated rings. The summed E-state index contributed by atoms with van der Waals surface area (Å²) < 4.78 is 11.2. The minimum Gasteiger partial charge on any atom is -0.494 e. The van der Waals surface area contributed by atoms with Gasteiger partial charge in [0.05, 0.1) is 41.9 Å². The van der Waals surface area contributed by atoms with Gasteiger partial charge in [0, 0.05) is 120 Å². The van der Waals surface area contributed by atoms with E-state index in [-0.39, 0.29) is 34.1 Å². The molecular formula is C72H72N10O11. The molecule has 6 aromatic carbocycles. The minimum absolute atomic E-state index is 0.152. The molecule has 0 radical (unpaired) electrons. The zero-order valence-electron chi connectivity index (χ0n) is 51.9. The smallest absolute Gasteiger partial charge is 0.321 e. The Morgan fingerprint density at radius 2 is 0.935 bits per heavy atom. The van der Waals surface area contributed by atoms with Crippen molar-refractivity contribution in [2.45, 2.75) is 58.8 Å². The number of hydrogen-bond acceptors (Lipinski definition) is 10. The van der Waals surface area contributed by atoms with E-state index >= 15 is 4.79 Å². The number of carbonyl (C=O) groups is 7. The third kappa shape index (κ3) is 12.4. The molecule has 3 aromatic heterocycles. The van der Waals surface area contributed by atoms with Crippen LogP contribution in [-0.2, 0) is 20.8 Å². The average Bonchev–Trinajstić information content (AvgIpc) is 1.68. The van der Waals surface area contributed by atoms with Crippen molar-refractivity contribution in [2.75, 3.05) is 55.7 Å². The van der Waals surface area contributed by atoms with Crippen LogP contribution in [0.3, 0.4) is 0 Å². The monoisotopic (exact) mass is 1250 g/mol. The first kappa shape index (κ1) is 63.4. The number of primary amides is 3. The standard InChI is InChI=1S/C72H72N10O11/c1-5-93-54-20-10-47(11-21-54)62-27-29-64(82(62)59-24-14-50(69(75)89)38-44(59)4)56(40-66(85)86)72(70(90)91,41-53-19-25-60(80(53)57-22-12-48(67(73)87)36-42(57)2)45-6-15-51(16-7-45)78-33-30-76-31-34-78)55(39-65(83)84)63-28-26-61(81(63)58-23-13-49(68(74)88)37-43(58)3)46-8-17-52(18-9-46)79-35-32-77-71(79)92/h6-29,36-38,55-56,76H,5,30-35,39-41H2,1-4H3,(H2,73,87)(H2,74,88)(H2,75,89)(H,77,92)(H,83,84)(H,85,86)(H,90,91). The fraction of sp³-hybridized carbons (Fsp3) is 0.236. The van der Waals surface area contributed by atoms with Crippen molar-refractivity contribution >= 4 is 53.0 Å². The van der Waals surface area contributed by atoms with Crippen LogP contribution in [0.15, 0.2) is 164 Å². The van der Waals surface area contributed by atoms with E-state index in [1.807, 2.05) is 54.0 Å². The molecule has 11 N–H and O–H groups in total. The summed E-state index contributed by atoms with van der Waals surface area (Å²) in [4.78, 5) is 100. The Hall–Kier alpha value is -11.2. The Kier molecular flexibility index (Phi) is 17.9. The molecule has 2 aliphatic rings. The van der Waals surface area contributed by atoms with Crippen molar-refractivity contribution in [3.63, 3.8) is 0 Å². The minimum atomic E-state index is -2.54. The lowest BCUT2D eigenvalue weighted by Gasteiger charge is -2.44. The SMILES string of the molecule is CCOc1ccc(-c2ccc(C(CC(=O)O)C(Cc3ccc(-c4ccc(N5CCNCC5)cc4)n3-c3ccc(C(N)=O)cc3C)(C(=O)O)C(CC(=O)O)c3ccc(-c4ccc(N5CCNC5=O)cc4)n3-c3ccc(C(N)=O)cc3C)n2-c2ccc(C(N)=O)cc2C)cc1. The van der Waals surface area contributed by atoms with Gasteiger partial charge in [0.2, 0.25) is 17.7 Å². The number of piperazine rings is 1. The van der Waals surface area contributed by atoms with Gasteiger partial charge in [0.15, 0.2) is 0 Å². The topological polar surface area (TPSA) is 313 Å². The van der Waals surface area contributed by atoms with Gasteiger partial charge in [-0.05, 0) is 201 Å². The first-order valence-corrected chi connectivity index (χ1v) is 30.7. The number of carbonyl (C=O) groups excluding carboxylic acids is 4. The van der Waals surface area contributed by atoms with Gasteiger partial charge in [0.25, 0.3) is 0 Å². The summed E-state index contributed by atoms with van der Waals surface area (Å²) in [6.45, 7) is 11.6. The van der Waals surface area contributed by atoms with Crippen molar-refractivity contribution < 1.29 is 53.6 Å². The first-order chi connectivity index (χ1) is 44.7. The summed E-state index contributed by atoms with van der Waals surface area (Å²) in [6.07, 6.45) is -2.32. The van der Waals surface area contributed by atoms with Crippen molar-refractivity contribution in [1.29, 1.82) is 0 Å². The van der Waals surface area contributed by atoms with Crippen LogP contribution in [0.2, 0.25) is 0 Å². The molecule has 3 unspecified atom stereocenters. The van der Waals surface area contributed by atoms with Crippen LogP contribution in [-0.4, -0.2) is 117 Å². The van der Waals surface area contributed by atoms with E-state index in [2.05, 4.69) is 15.5 Å². The summed E-state index contributed by atoms with van der Waals surface area (Å²) in [6, 6.07) is 47.0. The van der Waals surface area contributed by atoms with Crippen LogP contribution in [0, 0.1) is 26.2 Å². The van der Waals surface area contributed by atoms with Gasteiger partial charge in [-0.15, -0.1) is 0 Å². The number of benzene rings is 6. The molecule has 11 rings (SSSR count). The van der Waals surface area contributed by atoms with Crippen molar-refractivity contribution in [1.82, 2.24) is 24.3 Å². The van der Waals surface area contributed by atoms with Crippen LogP contribution in [0.25, 0.3) is 50.8 Å². The van der Waals surface area contributed by atoms with Crippen molar-refractivity contribution in [3.05, 3.63) is 214 Å². The van der Waals surface area contributed by atoms with Gasteiger partial charge in [-0.25, -0.2) is 4.79 Å². The lowest BCUT2D eigenvalue weighted by Crippen LogP contribution is -2.47. The fourth-order valence-corrected chi connectivity index (χ4v) is 13.5. The second-order valence-electron chi connectivity index (χ2n) is 23.6. The van der Waals surface area contributed by atoms with Gasteiger partial charge >= 0.3 is 23.9 Å². The van der Waals surface area contributed by atoms with Crippen LogP contribution < -0.4 is 42.4 Å². The molecule has 476 valence electrons. The number of amides is 5. The Bertz CT molecular complexity index is 4390. The van der Waals surface area contributed by atoms with E-state index in [1.165, 1.54) is 12.1 Å². The molecule has 5 amide bonds. The summed E-state index contributed by atoms with van der Waals surface area (Å²) >= 11 is 0. The van der Waals surface area contributed by atoms with E-state index in [0.29, 0.717) is 98.8 Å². The second-order valence-corrected chi connectivity index (χ2v) is 23.6. The molecule has 9 aromatic rings. The van der Waals surface area contributed by atoms with E-state index in [4.69, 9.17) is 21.9 Å². The number of aryl methyl sites for hydroxylation is 3. The molecule has 0 bridgehead atoms. The first-order valence-electron chi connectivity index (χ1n) is 30.7. The van der Waals surface area contributed by atoms with Gasteiger partial charge in [-0.1, -0.05) is 24.3 Å². The van der Waals surface area contributed by atoms with Crippen molar-refractivity contribution in [3.8, 4) is 56.6 Å². The molecule has 21 nitrogen and oxygen atoms in total. The number of hydrogen-bond donors (Lipinski definition) is 8. The Balaban J connectivity index is 1.25. The molecule has 0 aliphatic carbocycles. The Morgan fingerprint density at radius 1 is 0.516 bits per heavy atom. The van der Waals surface area contributed by atoms with Crippen LogP contribution >= 0.6 is 0 Å². The third-order valence-corrected chi connectivity index (χ3v) is 18.0. The lowest BCUT2D eigenvalue weighted by molar-refractivity contribution is -0.155. The number of nitrogens with one attached hydrogen (secondary N) is 2. The summed E-state index contributed by atoms with van der Waals surface area (Å²) in [5.41, 5.74) is 24.2. The highest BCUT2D eigenvalue weighted by atomic mass is 16.5. The highest BCUT2D eigenvalue weighted by Crippen LogP contribution is 2.56. The van der Waals surface area contributed by atoms with E-state index in [1.54, 1.807) is 144 Å². The highest BCUT2D eigenvalue weighted by Gasteiger charge is 2.57. The third-order valence-electron chi connectivity index (χ3n) is 18.0. The summed E-state index contributed by atoms with van der Waals surface area (Å²) in [5.74, 6) is -9.23. The van der Waals surface area contributed by atoms with Crippen LogP contribution in [0.5, 0.6) is 5.75 Å². The molecule has 3 atom stereocenters. The van der Waals surface area contributed by atoms with Crippen molar-refractivity contribution in [2.24, 2.45) is 22.6 Å². The number of rotatable bonds is 24. The molecule has 21 heteroatoms. The number of carboxylic acid groups (broad SMARTS) is 3. The Morgan fingerprint density at radius 3 is 1.33 bits per heavy atom. The van der Waals surface area contributed by atoms with Gasteiger partial charge in [-0.3, -0.25) is 33.7 Å². The molecule has 0 saturated carbocycles. The van der Waals surface area contributed by atoms with Gasteiger partial charge in [0.1, 0.15) is 5.75 Å². The molecular weight excluding hydrogens is 1180 g/mol. The number of anilines is 2. The predicted octanol–water partition coefficient (Wildman–Crippen LogP) is 9.75. The van der Waals surface area contributed by atoms with Crippen LogP contribution in [0.1, 0.15) is 96.4 Å². The maximum atomic E-state index is 16.2. The quantitative estimate of drug-likeness (QED) is 0.0280. The maximum Gasteiger partial charge on any atom is 0.321 e.